The molecule has 0 amide bonds. The molecule has 0 radical (unpaired) electrons. The second kappa shape index (κ2) is 3.91. The number of nitrogens with one attached hydrogen (secondary N) is 1. The number of aromatic nitrogens is 4. The molecule has 0 spiro atoms. The standard InChI is InChI=1S/C13H8N4O2S/c18-8-3-1-7(2-4-8)10-14-11-9-5-6-20-12(9)15-13(19)17(11)16-10/h1-6,18H,(H,15,19). The van der Waals surface area contributed by atoms with Gasteiger partial charge in [-0.1, -0.05) is 0 Å². The third-order valence-electron chi connectivity index (χ3n) is 3.05. The second-order valence-corrected chi connectivity index (χ2v) is 5.23. The van der Waals surface area contributed by atoms with Crippen LogP contribution in [0.1, 0.15) is 0 Å². The van der Waals surface area contributed by atoms with Crippen LogP contribution in [0.5, 0.6) is 5.75 Å². The number of aromatic amines is 1. The largest absolute Gasteiger partial charge is 0.508 e. The summed E-state index contributed by atoms with van der Waals surface area (Å²) in [5.74, 6) is 0.629. The summed E-state index contributed by atoms with van der Waals surface area (Å²) in [7, 11) is 0. The number of rotatable bonds is 1. The van der Waals surface area contributed by atoms with Gasteiger partial charge in [0.05, 0.1) is 5.39 Å². The zero-order valence-corrected chi connectivity index (χ0v) is 10.9. The molecule has 7 heteroatoms. The van der Waals surface area contributed by atoms with E-state index in [0.717, 1.165) is 15.8 Å². The summed E-state index contributed by atoms with van der Waals surface area (Å²) in [5.41, 5.74) is 0.967. The second-order valence-electron chi connectivity index (χ2n) is 4.31. The summed E-state index contributed by atoms with van der Waals surface area (Å²) < 4.78 is 1.26. The van der Waals surface area contributed by atoms with Crippen molar-refractivity contribution in [2.24, 2.45) is 0 Å². The number of phenols is 1. The topological polar surface area (TPSA) is 83.3 Å². The fourth-order valence-electron chi connectivity index (χ4n) is 2.09. The van der Waals surface area contributed by atoms with E-state index in [0.29, 0.717) is 11.5 Å². The lowest BCUT2D eigenvalue weighted by atomic mass is 10.2. The monoisotopic (exact) mass is 284 g/mol. The van der Waals surface area contributed by atoms with Gasteiger partial charge in [-0.05, 0) is 35.7 Å². The van der Waals surface area contributed by atoms with Crippen molar-refractivity contribution in [1.82, 2.24) is 19.6 Å². The molecule has 1 aromatic carbocycles. The highest BCUT2D eigenvalue weighted by Crippen LogP contribution is 2.23. The van der Waals surface area contributed by atoms with Crippen molar-refractivity contribution in [1.29, 1.82) is 0 Å². The lowest BCUT2D eigenvalue weighted by molar-refractivity contribution is 0.475. The van der Waals surface area contributed by atoms with Gasteiger partial charge in [-0.2, -0.15) is 4.52 Å². The summed E-state index contributed by atoms with van der Waals surface area (Å²) in [4.78, 5) is 19.9. The molecule has 0 aliphatic rings. The van der Waals surface area contributed by atoms with E-state index >= 15 is 0 Å². The van der Waals surface area contributed by atoms with Gasteiger partial charge in [-0.3, -0.25) is 4.98 Å². The highest BCUT2D eigenvalue weighted by atomic mass is 32.1. The summed E-state index contributed by atoms with van der Waals surface area (Å²) in [6.07, 6.45) is 0. The summed E-state index contributed by atoms with van der Waals surface area (Å²) in [6.45, 7) is 0. The highest BCUT2D eigenvalue weighted by Gasteiger charge is 2.12. The van der Waals surface area contributed by atoms with Crippen LogP contribution in [0.4, 0.5) is 0 Å². The van der Waals surface area contributed by atoms with Crippen molar-refractivity contribution in [3.63, 3.8) is 0 Å². The Kier molecular flexibility index (Phi) is 2.19. The number of H-pyrrole nitrogens is 1. The molecular weight excluding hydrogens is 276 g/mol. The number of thiophene rings is 1. The molecule has 0 saturated heterocycles. The molecule has 0 bridgehead atoms. The number of benzene rings is 1. The number of fused-ring (bicyclic) bond motifs is 3. The third kappa shape index (κ3) is 1.53. The van der Waals surface area contributed by atoms with Crippen LogP contribution in [-0.2, 0) is 0 Å². The van der Waals surface area contributed by atoms with E-state index in [4.69, 9.17) is 0 Å². The van der Waals surface area contributed by atoms with E-state index in [1.54, 1.807) is 24.3 Å². The maximum absolute atomic E-state index is 12.0. The van der Waals surface area contributed by atoms with Crippen molar-refractivity contribution in [3.05, 3.63) is 46.2 Å². The first-order valence-electron chi connectivity index (χ1n) is 5.88. The first-order chi connectivity index (χ1) is 9.72. The van der Waals surface area contributed by atoms with Gasteiger partial charge < -0.3 is 5.11 Å². The zero-order valence-electron chi connectivity index (χ0n) is 10.1. The van der Waals surface area contributed by atoms with Crippen molar-refractivity contribution in [2.75, 3.05) is 0 Å². The van der Waals surface area contributed by atoms with Crippen LogP contribution in [0, 0.1) is 0 Å². The minimum atomic E-state index is -0.313. The van der Waals surface area contributed by atoms with Gasteiger partial charge >= 0.3 is 5.69 Å². The number of nitrogens with zero attached hydrogens (tertiary/aromatic N) is 3. The smallest absolute Gasteiger partial charge is 0.349 e. The average molecular weight is 284 g/mol. The van der Waals surface area contributed by atoms with Gasteiger partial charge in [-0.25, -0.2) is 9.78 Å². The molecule has 2 N–H and O–H groups in total. The maximum Gasteiger partial charge on any atom is 0.349 e. The van der Waals surface area contributed by atoms with E-state index in [9.17, 15) is 9.90 Å². The van der Waals surface area contributed by atoms with Gasteiger partial charge in [0.1, 0.15) is 10.6 Å². The quantitative estimate of drug-likeness (QED) is 0.560. The number of hydrogen-bond acceptors (Lipinski definition) is 5. The van der Waals surface area contributed by atoms with Crippen LogP contribution in [-0.4, -0.2) is 24.7 Å². The summed E-state index contributed by atoms with van der Waals surface area (Å²) >= 11 is 1.45. The van der Waals surface area contributed by atoms with Crippen LogP contribution in [0.15, 0.2) is 40.5 Å². The Morgan fingerprint density at radius 3 is 2.80 bits per heavy atom. The molecule has 4 rings (SSSR count). The lowest BCUT2D eigenvalue weighted by Gasteiger charge is -1.94. The Morgan fingerprint density at radius 2 is 2.00 bits per heavy atom. The van der Waals surface area contributed by atoms with Crippen LogP contribution in [0.2, 0.25) is 0 Å². The fraction of sp³-hybridized carbons (Fsp3) is 0. The van der Waals surface area contributed by atoms with E-state index in [2.05, 4.69) is 15.1 Å². The van der Waals surface area contributed by atoms with Crippen molar-refractivity contribution in [3.8, 4) is 17.1 Å². The predicted molar refractivity (Wildman–Crippen MR) is 76.1 cm³/mol. The average Bonchev–Trinajstić information content (AvgIpc) is 3.05. The molecular formula is C13H8N4O2S. The van der Waals surface area contributed by atoms with E-state index in [-0.39, 0.29) is 11.4 Å². The fourth-order valence-corrected chi connectivity index (χ4v) is 2.87. The molecule has 3 aromatic heterocycles. The Hall–Kier alpha value is -2.67. The Bertz CT molecular complexity index is 981. The minimum absolute atomic E-state index is 0.176. The first kappa shape index (κ1) is 11.2. The van der Waals surface area contributed by atoms with Crippen LogP contribution in [0.25, 0.3) is 27.3 Å². The molecule has 6 nitrogen and oxygen atoms in total. The number of aromatic hydroxyl groups is 1. The van der Waals surface area contributed by atoms with Gasteiger partial charge in [0.25, 0.3) is 0 Å². The minimum Gasteiger partial charge on any atom is -0.508 e. The predicted octanol–water partition coefficient (Wildman–Crippen LogP) is 2.00. The van der Waals surface area contributed by atoms with E-state index in [1.165, 1.54) is 15.9 Å². The van der Waals surface area contributed by atoms with Gasteiger partial charge in [-0.15, -0.1) is 16.4 Å². The normalized spacial score (nSPS) is 11.4. The van der Waals surface area contributed by atoms with E-state index in [1.807, 2.05) is 11.4 Å². The van der Waals surface area contributed by atoms with Crippen LogP contribution >= 0.6 is 11.3 Å². The molecule has 0 aliphatic heterocycles. The van der Waals surface area contributed by atoms with Crippen LogP contribution < -0.4 is 5.69 Å². The Morgan fingerprint density at radius 1 is 1.20 bits per heavy atom. The third-order valence-corrected chi connectivity index (χ3v) is 3.88. The van der Waals surface area contributed by atoms with Crippen LogP contribution in [0.3, 0.4) is 0 Å². The molecule has 0 atom stereocenters. The lowest BCUT2D eigenvalue weighted by Crippen LogP contribution is -2.16. The Labute approximate surface area is 116 Å². The number of phenolic OH excluding ortho intramolecular Hbond substituents is 1. The molecule has 20 heavy (non-hydrogen) atoms. The zero-order chi connectivity index (χ0) is 13.7. The molecule has 0 aliphatic carbocycles. The molecule has 98 valence electrons. The molecule has 0 fully saturated rings. The van der Waals surface area contributed by atoms with Crippen molar-refractivity contribution in [2.45, 2.75) is 0 Å². The molecule has 4 aromatic rings. The van der Waals surface area contributed by atoms with Crippen molar-refractivity contribution >= 4 is 27.2 Å². The maximum atomic E-state index is 12.0. The van der Waals surface area contributed by atoms with Crippen molar-refractivity contribution < 1.29 is 5.11 Å². The first-order valence-corrected chi connectivity index (χ1v) is 6.76. The van der Waals surface area contributed by atoms with E-state index < -0.39 is 0 Å². The Balaban J connectivity index is 2.05. The molecule has 0 saturated carbocycles. The number of hydrogen-bond donors (Lipinski definition) is 2. The highest BCUT2D eigenvalue weighted by molar-refractivity contribution is 7.16. The van der Waals surface area contributed by atoms with Gasteiger partial charge in [0.2, 0.25) is 0 Å². The summed E-state index contributed by atoms with van der Waals surface area (Å²) in [6, 6.07) is 8.45. The molecule has 0 unspecified atom stereocenters. The van der Waals surface area contributed by atoms with Gasteiger partial charge in [0.15, 0.2) is 11.5 Å². The SMILES string of the molecule is O=c1[nH]c2sccc2c2nc(-c3ccc(O)cc3)nn12. The van der Waals surface area contributed by atoms with Gasteiger partial charge in [0, 0.05) is 5.56 Å². The summed E-state index contributed by atoms with van der Waals surface area (Å²) in [5, 5.41) is 16.3. The molecule has 3 heterocycles.